The molecule has 1 nitrogen and oxygen atoms in total. The molecule has 0 spiro atoms. The standard InChI is InChI=1S/C8H6BrF2IO/c1-8(10,11)13-7-4-5(12)2-3-6(7)9/h2-4H,1H3. The summed E-state index contributed by atoms with van der Waals surface area (Å²) in [7, 11) is 0. The molecule has 0 heterocycles. The fourth-order valence-corrected chi connectivity index (χ4v) is 1.54. The Kier molecular flexibility index (Phi) is 3.50. The highest BCUT2D eigenvalue weighted by atomic mass is 127. The smallest absolute Gasteiger partial charge is 0.394 e. The molecule has 0 unspecified atom stereocenters. The van der Waals surface area contributed by atoms with E-state index < -0.39 is 6.11 Å². The number of alkyl halides is 2. The number of hydrogen-bond acceptors (Lipinski definition) is 1. The van der Waals surface area contributed by atoms with E-state index in [0.717, 1.165) is 3.57 Å². The van der Waals surface area contributed by atoms with Gasteiger partial charge in [-0.3, -0.25) is 0 Å². The predicted octanol–water partition coefficient (Wildman–Crippen LogP) is 4.05. The lowest BCUT2D eigenvalue weighted by Gasteiger charge is -2.14. The second-order valence-electron chi connectivity index (χ2n) is 2.48. The first-order valence-electron chi connectivity index (χ1n) is 3.40. The fourth-order valence-electron chi connectivity index (χ4n) is 0.748. The lowest BCUT2D eigenvalue weighted by molar-refractivity contribution is -0.159. The maximum absolute atomic E-state index is 12.5. The van der Waals surface area contributed by atoms with Gasteiger partial charge in [0.1, 0.15) is 5.75 Å². The van der Waals surface area contributed by atoms with E-state index in [9.17, 15) is 8.78 Å². The summed E-state index contributed by atoms with van der Waals surface area (Å²) in [6.07, 6.45) is -3.15. The first-order valence-corrected chi connectivity index (χ1v) is 5.27. The minimum atomic E-state index is -3.15. The van der Waals surface area contributed by atoms with Crippen molar-refractivity contribution in [3.8, 4) is 5.75 Å². The van der Waals surface area contributed by atoms with E-state index in [0.29, 0.717) is 11.4 Å². The van der Waals surface area contributed by atoms with Gasteiger partial charge in [0.05, 0.1) is 4.47 Å². The third kappa shape index (κ3) is 3.76. The van der Waals surface area contributed by atoms with E-state index in [4.69, 9.17) is 0 Å². The number of ether oxygens (including phenoxy) is 1. The van der Waals surface area contributed by atoms with Gasteiger partial charge in [-0.05, 0) is 56.7 Å². The fraction of sp³-hybridized carbons (Fsp3) is 0.250. The molecular formula is C8H6BrF2IO. The van der Waals surface area contributed by atoms with E-state index in [1.165, 1.54) is 0 Å². The molecule has 0 N–H and O–H groups in total. The molecular weight excluding hydrogens is 357 g/mol. The van der Waals surface area contributed by atoms with E-state index in [1.54, 1.807) is 18.2 Å². The average molecular weight is 363 g/mol. The van der Waals surface area contributed by atoms with Gasteiger partial charge < -0.3 is 4.74 Å². The van der Waals surface area contributed by atoms with Crippen molar-refractivity contribution in [3.05, 3.63) is 26.2 Å². The third-order valence-electron chi connectivity index (χ3n) is 1.18. The molecule has 0 aliphatic rings. The van der Waals surface area contributed by atoms with Crippen molar-refractivity contribution in [2.75, 3.05) is 0 Å². The van der Waals surface area contributed by atoms with Crippen LogP contribution in [-0.4, -0.2) is 6.11 Å². The van der Waals surface area contributed by atoms with Crippen LogP contribution in [0.15, 0.2) is 22.7 Å². The average Bonchev–Trinajstić information content (AvgIpc) is 1.94. The van der Waals surface area contributed by atoms with Crippen molar-refractivity contribution in [2.45, 2.75) is 13.0 Å². The van der Waals surface area contributed by atoms with Gasteiger partial charge in [0.25, 0.3) is 0 Å². The second-order valence-corrected chi connectivity index (χ2v) is 4.58. The van der Waals surface area contributed by atoms with E-state index in [2.05, 4.69) is 20.7 Å². The van der Waals surface area contributed by atoms with Gasteiger partial charge >= 0.3 is 6.11 Å². The Morgan fingerprint density at radius 2 is 2.08 bits per heavy atom. The molecule has 1 aromatic rings. The lowest BCUT2D eigenvalue weighted by Crippen LogP contribution is -2.19. The summed E-state index contributed by atoms with van der Waals surface area (Å²) in [5, 5.41) is 0. The summed E-state index contributed by atoms with van der Waals surface area (Å²) in [4.78, 5) is 0. The molecule has 1 aromatic carbocycles. The number of rotatable bonds is 2. The highest BCUT2D eigenvalue weighted by Gasteiger charge is 2.24. The molecule has 13 heavy (non-hydrogen) atoms. The Morgan fingerprint density at radius 1 is 1.46 bits per heavy atom. The van der Waals surface area contributed by atoms with Crippen molar-refractivity contribution in [3.63, 3.8) is 0 Å². The van der Waals surface area contributed by atoms with Crippen molar-refractivity contribution in [2.24, 2.45) is 0 Å². The van der Waals surface area contributed by atoms with Crippen LogP contribution in [0.4, 0.5) is 8.78 Å². The second kappa shape index (κ2) is 4.08. The number of hydrogen-bond donors (Lipinski definition) is 0. The third-order valence-corrected chi connectivity index (χ3v) is 2.51. The van der Waals surface area contributed by atoms with Crippen molar-refractivity contribution in [1.29, 1.82) is 0 Å². The SMILES string of the molecule is CC(F)(F)Oc1cc(I)ccc1Br. The van der Waals surface area contributed by atoms with Crippen molar-refractivity contribution < 1.29 is 13.5 Å². The molecule has 0 saturated carbocycles. The van der Waals surface area contributed by atoms with E-state index in [-0.39, 0.29) is 5.75 Å². The maximum Gasteiger partial charge on any atom is 0.394 e. The van der Waals surface area contributed by atoms with Gasteiger partial charge in [-0.2, -0.15) is 8.78 Å². The zero-order valence-electron chi connectivity index (χ0n) is 6.65. The summed E-state index contributed by atoms with van der Waals surface area (Å²) in [5.74, 6) is 0.152. The summed E-state index contributed by atoms with van der Waals surface area (Å²) in [6, 6.07) is 5.01. The van der Waals surface area contributed by atoms with E-state index >= 15 is 0 Å². The van der Waals surface area contributed by atoms with E-state index in [1.807, 2.05) is 22.6 Å². The monoisotopic (exact) mass is 362 g/mol. The number of halogens is 4. The van der Waals surface area contributed by atoms with Gasteiger partial charge in [0.15, 0.2) is 0 Å². The molecule has 0 bridgehead atoms. The molecule has 0 atom stereocenters. The van der Waals surface area contributed by atoms with Gasteiger partial charge in [0, 0.05) is 10.5 Å². The minimum Gasteiger partial charge on any atom is -0.432 e. The molecule has 0 fully saturated rings. The van der Waals surface area contributed by atoms with Crippen LogP contribution in [0.1, 0.15) is 6.92 Å². The minimum absolute atomic E-state index is 0.152. The maximum atomic E-state index is 12.5. The van der Waals surface area contributed by atoms with Gasteiger partial charge in [-0.25, -0.2) is 0 Å². The van der Waals surface area contributed by atoms with Crippen LogP contribution in [-0.2, 0) is 0 Å². The van der Waals surface area contributed by atoms with Gasteiger partial charge in [0.2, 0.25) is 0 Å². The zero-order valence-corrected chi connectivity index (χ0v) is 10.4. The predicted molar refractivity (Wildman–Crippen MR) is 58.1 cm³/mol. The van der Waals surface area contributed by atoms with Gasteiger partial charge in [-0.15, -0.1) is 0 Å². The van der Waals surface area contributed by atoms with Crippen LogP contribution in [0.2, 0.25) is 0 Å². The molecule has 0 amide bonds. The van der Waals surface area contributed by atoms with Crippen LogP contribution in [0.3, 0.4) is 0 Å². The lowest BCUT2D eigenvalue weighted by atomic mass is 10.3. The van der Waals surface area contributed by atoms with Crippen LogP contribution < -0.4 is 4.74 Å². The Bertz CT molecular complexity index is 312. The Hall–Kier alpha value is 0.0900. The molecule has 72 valence electrons. The quantitative estimate of drug-likeness (QED) is 0.721. The van der Waals surface area contributed by atoms with Gasteiger partial charge in [-0.1, -0.05) is 0 Å². The molecule has 0 aromatic heterocycles. The highest BCUT2D eigenvalue weighted by molar-refractivity contribution is 14.1. The number of benzene rings is 1. The molecule has 0 radical (unpaired) electrons. The first-order chi connectivity index (χ1) is 5.88. The molecule has 1 rings (SSSR count). The Balaban J connectivity index is 2.94. The van der Waals surface area contributed by atoms with Crippen molar-refractivity contribution >= 4 is 38.5 Å². The summed E-state index contributed by atoms with van der Waals surface area (Å²) in [5.41, 5.74) is 0. The summed E-state index contributed by atoms with van der Waals surface area (Å²) < 4.78 is 30.7. The molecule has 0 saturated heterocycles. The topological polar surface area (TPSA) is 9.23 Å². The van der Waals surface area contributed by atoms with Crippen LogP contribution in [0.25, 0.3) is 0 Å². The van der Waals surface area contributed by atoms with Crippen molar-refractivity contribution in [1.82, 2.24) is 0 Å². The Morgan fingerprint density at radius 3 is 2.62 bits per heavy atom. The Labute approximate surface area is 96.7 Å². The molecule has 0 aliphatic heterocycles. The normalized spacial score (nSPS) is 11.5. The molecule has 5 heteroatoms. The summed E-state index contributed by atoms with van der Waals surface area (Å²) >= 11 is 5.15. The highest BCUT2D eigenvalue weighted by Crippen LogP contribution is 2.30. The molecule has 0 aliphatic carbocycles. The van der Waals surface area contributed by atoms with Crippen LogP contribution in [0, 0.1) is 3.57 Å². The zero-order chi connectivity index (χ0) is 10.1. The summed E-state index contributed by atoms with van der Waals surface area (Å²) in [6.45, 7) is 0.708. The largest absolute Gasteiger partial charge is 0.432 e. The van der Waals surface area contributed by atoms with Crippen LogP contribution in [0.5, 0.6) is 5.75 Å². The first kappa shape index (κ1) is 11.2. The van der Waals surface area contributed by atoms with Crippen LogP contribution >= 0.6 is 38.5 Å².